The quantitative estimate of drug-likeness (QED) is 0.692. The molecule has 0 aliphatic carbocycles. The van der Waals surface area contributed by atoms with Gasteiger partial charge in [0.05, 0.1) is 5.69 Å². The fourth-order valence-electron chi connectivity index (χ4n) is 2.35. The summed E-state index contributed by atoms with van der Waals surface area (Å²) in [6, 6.07) is 20.9. The topological polar surface area (TPSA) is 29.9 Å². The van der Waals surface area contributed by atoms with Gasteiger partial charge in [0, 0.05) is 24.6 Å². The van der Waals surface area contributed by atoms with Gasteiger partial charge in [0.1, 0.15) is 0 Å². The number of hydrogen-bond acceptors (Lipinski definition) is 2. The van der Waals surface area contributed by atoms with Crippen LogP contribution in [-0.4, -0.2) is 16.3 Å². The van der Waals surface area contributed by atoms with E-state index in [-0.39, 0.29) is 0 Å². The summed E-state index contributed by atoms with van der Waals surface area (Å²) in [5.74, 6) is 0. The lowest BCUT2D eigenvalue weighted by molar-refractivity contribution is 0.860. The lowest BCUT2D eigenvalue weighted by Crippen LogP contribution is -2.04. The van der Waals surface area contributed by atoms with Gasteiger partial charge in [-0.15, -0.1) is 0 Å². The molecule has 1 N–H and O–H groups in total. The van der Waals surface area contributed by atoms with Gasteiger partial charge in [-0.25, -0.2) is 4.68 Å². The minimum atomic E-state index is 0.970. The van der Waals surface area contributed by atoms with Crippen LogP contribution in [0, 0.1) is 0 Å². The van der Waals surface area contributed by atoms with Gasteiger partial charge in [-0.05, 0) is 42.7 Å². The van der Waals surface area contributed by atoms with Crippen molar-refractivity contribution in [3.05, 3.63) is 78.6 Å². The Bertz CT molecular complexity index is 660. The Morgan fingerprint density at radius 2 is 1.86 bits per heavy atom. The van der Waals surface area contributed by atoms with Gasteiger partial charge in [0.2, 0.25) is 0 Å². The van der Waals surface area contributed by atoms with Crippen LogP contribution in [0.2, 0.25) is 0 Å². The van der Waals surface area contributed by atoms with E-state index >= 15 is 0 Å². The molecule has 3 heteroatoms. The lowest BCUT2D eigenvalue weighted by atomic mass is 10.1. The number of aryl methyl sites for hydroxylation is 1. The van der Waals surface area contributed by atoms with Crippen LogP contribution in [0.5, 0.6) is 0 Å². The average Bonchev–Trinajstić information content (AvgIpc) is 3.07. The van der Waals surface area contributed by atoms with E-state index < -0.39 is 0 Å². The number of hydrogen-bond donors (Lipinski definition) is 1. The third-order valence-electron chi connectivity index (χ3n) is 3.43. The smallest absolute Gasteiger partial charge is 0.0666 e. The molecule has 0 spiro atoms. The molecule has 1 aromatic heterocycles. The van der Waals surface area contributed by atoms with Gasteiger partial charge >= 0.3 is 0 Å². The van der Waals surface area contributed by atoms with Crippen molar-refractivity contribution in [3.8, 4) is 5.69 Å². The van der Waals surface area contributed by atoms with E-state index in [0.29, 0.717) is 0 Å². The number of nitrogens with one attached hydrogen (secondary N) is 1. The number of anilines is 1. The molecular weight excluding hydrogens is 258 g/mol. The summed E-state index contributed by atoms with van der Waals surface area (Å²) in [6.45, 7) is 0.970. The molecule has 3 aromatic rings. The predicted molar refractivity (Wildman–Crippen MR) is 86.8 cm³/mol. The van der Waals surface area contributed by atoms with Crippen molar-refractivity contribution in [2.45, 2.75) is 12.8 Å². The van der Waals surface area contributed by atoms with Crippen LogP contribution < -0.4 is 5.32 Å². The Balaban J connectivity index is 1.53. The van der Waals surface area contributed by atoms with E-state index in [1.54, 1.807) is 6.20 Å². The molecular formula is C18H19N3. The second-order valence-electron chi connectivity index (χ2n) is 5.02. The first-order chi connectivity index (χ1) is 10.4. The van der Waals surface area contributed by atoms with Gasteiger partial charge in [0.25, 0.3) is 0 Å². The summed E-state index contributed by atoms with van der Waals surface area (Å²) in [4.78, 5) is 0. The molecule has 21 heavy (non-hydrogen) atoms. The number of benzene rings is 2. The van der Waals surface area contributed by atoms with Crippen molar-refractivity contribution in [2.24, 2.45) is 0 Å². The molecule has 0 bridgehead atoms. The molecule has 0 aliphatic rings. The summed E-state index contributed by atoms with van der Waals surface area (Å²) in [5, 5.41) is 7.73. The summed E-state index contributed by atoms with van der Waals surface area (Å²) in [5.41, 5.74) is 3.61. The zero-order chi connectivity index (χ0) is 14.3. The molecule has 106 valence electrons. The molecule has 0 amide bonds. The van der Waals surface area contributed by atoms with Crippen molar-refractivity contribution in [3.63, 3.8) is 0 Å². The molecule has 2 aromatic carbocycles. The molecule has 0 saturated heterocycles. The first kappa shape index (κ1) is 13.4. The van der Waals surface area contributed by atoms with Gasteiger partial charge in [0.15, 0.2) is 0 Å². The first-order valence-electron chi connectivity index (χ1n) is 7.30. The Kier molecular flexibility index (Phi) is 4.32. The molecule has 3 rings (SSSR count). The number of nitrogens with zero attached hydrogens (tertiary/aromatic N) is 2. The highest BCUT2D eigenvalue weighted by Gasteiger charge is 1.98. The van der Waals surface area contributed by atoms with Crippen LogP contribution in [0.4, 0.5) is 5.69 Å². The second-order valence-corrected chi connectivity index (χ2v) is 5.02. The van der Waals surface area contributed by atoms with Crippen LogP contribution in [0.25, 0.3) is 5.69 Å². The minimum Gasteiger partial charge on any atom is -0.385 e. The van der Waals surface area contributed by atoms with E-state index in [9.17, 15) is 0 Å². The maximum absolute atomic E-state index is 4.25. The van der Waals surface area contributed by atoms with Crippen molar-refractivity contribution in [1.29, 1.82) is 0 Å². The Morgan fingerprint density at radius 3 is 2.67 bits per heavy atom. The fourth-order valence-corrected chi connectivity index (χ4v) is 2.35. The SMILES string of the molecule is c1ccc(CCCNc2cccc(-n3cccn3)c2)cc1. The second kappa shape index (κ2) is 6.75. The molecule has 0 saturated carbocycles. The van der Waals surface area contributed by atoms with Gasteiger partial charge in [-0.3, -0.25) is 0 Å². The molecule has 0 radical (unpaired) electrons. The van der Waals surface area contributed by atoms with Crippen molar-refractivity contribution >= 4 is 5.69 Å². The highest BCUT2D eigenvalue weighted by atomic mass is 15.3. The summed E-state index contributed by atoms with van der Waals surface area (Å²) < 4.78 is 1.87. The normalized spacial score (nSPS) is 10.5. The summed E-state index contributed by atoms with van der Waals surface area (Å²) >= 11 is 0. The maximum atomic E-state index is 4.25. The number of rotatable bonds is 6. The molecule has 0 atom stereocenters. The Morgan fingerprint density at radius 1 is 0.952 bits per heavy atom. The van der Waals surface area contributed by atoms with Gasteiger partial charge < -0.3 is 5.32 Å². The monoisotopic (exact) mass is 277 g/mol. The van der Waals surface area contributed by atoms with E-state index in [4.69, 9.17) is 0 Å². The third-order valence-corrected chi connectivity index (χ3v) is 3.43. The minimum absolute atomic E-state index is 0.970. The zero-order valence-electron chi connectivity index (χ0n) is 11.9. The van der Waals surface area contributed by atoms with Crippen molar-refractivity contribution in [2.75, 3.05) is 11.9 Å². The molecule has 0 aliphatic heterocycles. The average molecular weight is 277 g/mol. The van der Waals surface area contributed by atoms with Crippen LogP contribution >= 0.6 is 0 Å². The highest BCUT2D eigenvalue weighted by molar-refractivity contribution is 5.50. The molecule has 3 nitrogen and oxygen atoms in total. The maximum Gasteiger partial charge on any atom is 0.0666 e. The molecule has 0 unspecified atom stereocenters. The van der Waals surface area contributed by atoms with E-state index in [1.807, 2.05) is 16.9 Å². The van der Waals surface area contributed by atoms with Crippen LogP contribution in [0.1, 0.15) is 12.0 Å². The first-order valence-corrected chi connectivity index (χ1v) is 7.30. The van der Waals surface area contributed by atoms with Crippen LogP contribution in [0.3, 0.4) is 0 Å². The van der Waals surface area contributed by atoms with Crippen molar-refractivity contribution < 1.29 is 0 Å². The molecule has 0 fully saturated rings. The van der Waals surface area contributed by atoms with E-state index in [2.05, 4.69) is 65.0 Å². The number of aromatic nitrogens is 2. The van der Waals surface area contributed by atoms with Crippen LogP contribution in [0.15, 0.2) is 73.1 Å². The zero-order valence-corrected chi connectivity index (χ0v) is 11.9. The van der Waals surface area contributed by atoms with Gasteiger partial charge in [-0.1, -0.05) is 36.4 Å². The third kappa shape index (κ3) is 3.72. The van der Waals surface area contributed by atoms with E-state index in [0.717, 1.165) is 30.8 Å². The molecule has 1 heterocycles. The van der Waals surface area contributed by atoms with Gasteiger partial charge in [-0.2, -0.15) is 5.10 Å². The Hall–Kier alpha value is -2.55. The standard InChI is InChI=1S/C18H19N3/c1-2-7-16(8-3-1)9-5-12-19-17-10-4-11-18(15-17)21-14-6-13-20-21/h1-4,6-8,10-11,13-15,19H,5,9,12H2. The predicted octanol–water partition coefficient (Wildman–Crippen LogP) is 3.92. The summed E-state index contributed by atoms with van der Waals surface area (Å²) in [6.07, 6.45) is 5.97. The lowest BCUT2D eigenvalue weighted by Gasteiger charge is -2.08. The van der Waals surface area contributed by atoms with E-state index in [1.165, 1.54) is 5.56 Å². The largest absolute Gasteiger partial charge is 0.385 e. The highest BCUT2D eigenvalue weighted by Crippen LogP contribution is 2.14. The fraction of sp³-hybridized carbons (Fsp3) is 0.167. The van der Waals surface area contributed by atoms with Crippen LogP contribution in [-0.2, 0) is 6.42 Å². The Labute approximate surface area is 125 Å². The summed E-state index contributed by atoms with van der Waals surface area (Å²) in [7, 11) is 0. The van der Waals surface area contributed by atoms with Crippen molar-refractivity contribution in [1.82, 2.24) is 9.78 Å².